The van der Waals surface area contributed by atoms with Crippen LogP contribution >= 0.6 is 31.9 Å². The van der Waals surface area contributed by atoms with Gasteiger partial charge in [-0.25, -0.2) is 0 Å². The van der Waals surface area contributed by atoms with Crippen molar-refractivity contribution >= 4 is 66.2 Å². The number of carbonyl (C=O) groups is 2. The fourth-order valence-corrected chi connectivity index (χ4v) is 10.3. The molecule has 0 fully saturated rings. The van der Waals surface area contributed by atoms with Crippen LogP contribution in [0.2, 0.25) is 0 Å². The Hall–Kier alpha value is -3.24. The number of aromatic amines is 2. The molecule has 8 nitrogen and oxygen atoms in total. The number of halogens is 2. The largest absolute Gasteiger partial charge is 0.315 e. The van der Waals surface area contributed by atoms with Crippen LogP contribution in [0.1, 0.15) is 193 Å². The van der Waals surface area contributed by atoms with Crippen molar-refractivity contribution < 1.29 is 9.59 Å². The summed E-state index contributed by atoms with van der Waals surface area (Å²) in [6, 6.07) is 11.3. The van der Waals surface area contributed by atoms with Crippen LogP contribution in [-0.2, 0) is 9.59 Å². The quantitative estimate of drug-likeness (QED) is 0.0707. The van der Waals surface area contributed by atoms with Gasteiger partial charge in [0.25, 0.3) is 22.9 Å². The second-order valence-corrected chi connectivity index (χ2v) is 19.9. The summed E-state index contributed by atoms with van der Waals surface area (Å²) in [7, 11) is 0. The summed E-state index contributed by atoms with van der Waals surface area (Å²) in [4.78, 5) is 67.1. The fourth-order valence-electron chi connectivity index (χ4n) is 9.58. The summed E-state index contributed by atoms with van der Waals surface area (Å²) in [6.45, 7) is 10.0. The maximum Gasteiger partial charge on any atom is 0.273 e. The van der Waals surface area contributed by atoms with Crippen molar-refractivity contribution in [2.75, 3.05) is 22.9 Å². The standard InChI is InChI=1S/C52H74Br2N4O4/c1-5-9-13-17-19-23-27-37(25-21-15-11-7-3)35-57-43-33-39(53)29-31-41(43)45(51(57)61)47-49(59)56-48(50(60)55-47)46-42-32-30-40(54)34-44(42)58(52(46)62)36-38(26-22-16-12-8-4)28-24-20-18-14-10-6-2/h29-34,37-38H,5-28,35-36H2,1-4H3,(H,55,60)(H,56,59)/b47-45-,48-46-. The molecule has 2 aliphatic heterocycles. The lowest BCUT2D eigenvalue weighted by Crippen LogP contribution is -2.50. The van der Waals surface area contributed by atoms with Gasteiger partial charge in [0.2, 0.25) is 0 Å². The van der Waals surface area contributed by atoms with Gasteiger partial charge in [0, 0.05) is 33.2 Å². The molecule has 2 N–H and O–H groups in total. The molecule has 2 aliphatic rings. The van der Waals surface area contributed by atoms with E-state index in [2.05, 4.69) is 69.5 Å². The highest BCUT2D eigenvalue weighted by atomic mass is 79.9. The first-order chi connectivity index (χ1) is 30.1. The number of fused-ring (bicyclic) bond motifs is 2. The highest BCUT2D eigenvalue weighted by molar-refractivity contribution is 9.10. The number of benzene rings is 2. The number of hydrogen-bond donors (Lipinski definition) is 2. The molecule has 2 amide bonds. The number of aromatic nitrogens is 2. The van der Waals surface area contributed by atoms with E-state index in [-0.39, 0.29) is 33.7 Å². The van der Waals surface area contributed by atoms with Crippen molar-refractivity contribution in [2.45, 2.75) is 182 Å². The minimum Gasteiger partial charge on any atom is -0.315 e. The molecule has 62 heavy (non-hydrogen) atoms. The van der Waals surface area contributed by atoms with Crippen molar-refractivity contribution in [1.82, 2.24) is 9.97 Å². The summed E-state index contributed by atoms with van der Waals surface area (Å²) in [5.41, 5.74) is 1.91. The minimum atomic E-state index is -0.601. The third-order valence-electron chi connectivity index (χ3n) is 13.1. The Morgan fingerprint density at radius 2 is 0.758 bits per heavy atom. The summed E-state index contributed by atoms with van der Waals surface area (Å²) in [6.07, 6.45) is 28.2. The first-order valence-corrected chi connectivity index (χ1v) is 26.1. The molecule has 2 atom stereocenters. The molecule has 340 valence electrons. The topological polar surface area (TPSA) is 106 Å². The van der Waals surface area contributed by atoms with E-state index in [4.69, 9.17) is 0 Å². The average Bonchev–Trinajstić information content (AvgIpc) is 3.67. The molecule has 0 spiro atoms. The second-order valence-electron chi connectivity index (χ2n) is 18.1. The fraction of sp³-hybridized carbons (Fsp3) is 0.615. The number of carbonyl (C=O) groups excluding carboxylic acids is 2. The van der Waals surface area contributed by atoms with Gasteiger partial charge in [-0.15, -0.1) is 0 Å². The van der Waals surface area contributed by atoms with E-state index in [1.54, 1.807) is 0 Å². The lowest BCUT2D eigenvalue weighted by Gasteiger charge is -2.25. The third-order valence-corrected chi connectivity index (χ3v) is 14.1. The monoisotopic (exact) mass is 976 g/mol. The van der Waals surface area contributed by atoms with Gasteiger partial charge in [-0.05, 0) is 61.8 Å². The molecule has 5 rings (SSSR count). The van der Waals surface area contributed by atoms with Gasteiger partial charge < -0.3 is 19.8 Å². The van der Waals surface area contributed by atoms with E-state index in [1.807, 2.05) is 46.2 Å². The first-order valence-electron chi connectivity index (χ1n) is 24.5. The van der Waals surface area contributed by atoms with Crippen molar-refractivity contribution in [3.63, 3.8) is 0 Å². The smallest absolute Gasteiger partial charge is 0.273 e. The predicted octanol–water partition coefficient (Wildman–Crippen LogP) is 12.4. The maximum atomic E-state index is 14.6. The zero-order valence-electron chi connectivity index (χ0n) is 38.3. The molecule has 0 bridgehead atoms. The minimum absolute atomic E-state index is 0.0738. The number of unbranched alkanes of at least 4 members (excludes halogenated alkanes) is 16. The average molecular weight is 979 g/mol. The number of H-pyrrole nitrogens is 2. The summed E-state index contributed by atoms with van der Waals surface area (Å²) in [5, 5.41) is -0.148. The Labute approximate surface area is 388 Å². The van der Waals surface area contributed by atoms with Crippen LogP contribution in [-0.4, -0.2) is 34.9 Å². The molecule has 3 aromatic rings. The molecule has 10 heteroatoms. The Bertz CT molecular complexity index is 2020. The Morgan fingerprint density at radius 1 is 0.452 bits per heavy atom. The van der Waals surface area contributed by atoms with Crippen molar-refractivity contribution in [1.29, 1.82) is 0 Å². The molecule has 0 aliphatic carbocycles. The number of rotatable bonds is 28. The van der Waals surface area contributed by atoms with E-state index < -0.39 is 11.1 Å². The summed E-state index contributed by atoms with van der Waals surface area (Å²) in [5.74, 6) is 0.0782. The Morgan fingerprint density at radius 3 is 1.10 bits per heavy atom. The van der Waals surface area contributed by atoms with Crippen LogP contribution < -0.4 is 31.6 Å². The molecule has 2 aromatic carbocycles. The number of hydrogen-bond acceptors (Lipinski definition) is 4. The number of amides is 2. The molecule has 1 aromatic heterocycles. The van der Waals surface area contributed by atoms with Crippen molar-refractivity contribution in [3.05, 3.63) is 87.9 Å². The van der Waals surface area contributed by atoms with Crippen molar-refractivity contribution in [2.24, 2.45) is 11.8 Å². The number of nitrogens with zero attached hydrogens (tertiary/aromatic N) is 2. The summed E-state index contributed by atoms with van der Waals surface area (Å²) < 4.78 is 1.68. The first kappa shape index (κ1) is 49.8. The molecule has 0 radical (unpaired) electrons. The van der Waals surface area contributed by atoms with Crippen LogP contribution in [0.5, 0.6) is 0 Å². The van der Waals surface area contributed by atoms with Gasteiger partial charge in [0.05, 0.1) is 22.5 Å². The molecule has 0 saturated carbocycles. The third kappa shape index (κ3) is 13.4. The van der Waals surface area contributed by atoms with E-state index in [1.165, 1.54) is 103 Å². The lowest BCUT2D eigenvalue weighted by atomic mass is 9.93. The highest BCUT2D eigenvalue weighted by Crippen LogP contribution is 2.40. The van der Waals surface area contributed by atoms with E-state index in [0.29, 0.717) is 36.1 Å². The zero-order chi connectivity index (χ0) is 44.4. The van der Waals surface area contributed by atoms with E-state index >= 15 is 0 Å². The maximum absolute atomic E-state index is 14.6. The van der Waals surface area contributed by atoms with Crippen LogP contribution in [0, 0.1) is 11.8 Å². The highest BCUT2D eigenvalue weighted by Gasteiger charge is 2.37. The predicted molar refractivity (Wildman–Crippen MR) is 265 cm³/mol. The van der Waals surface area contributed by atoms with Gasteiger partial charge in [0.1, 0.15) is 10.7 Å². The van der Waals surface area contributed by atoms with Crippen LogP contribution in [0.15, 0.2) is 54.9 Å². The molecule has 3 heterocycles. The van der Waals surface area contributed by atoms with Gasteiger partial charge >= 0.3 is 0 Å². The lowest BCUT2D eigenvalue weighted by molar-refractivity contribution is -0.114. The molecular weight excluding hydrogens is 904 g/mol. The van der Waals surface area contributed by atoms with Crippen molar-refractivity contribution in [3.8, 4) is 0 Å². The number of anilines is 2. The second kappa shape index (κ2) is 25.9. The molecule has 2 unspecified atom stereocenters. The van der Waals surface area contributed by atoms with Crippen LogP contribution in [0.3, 0.4) is 0 Å². The van der Waals surface area contributed by atoms with Crippen LogP contribution in [0.25, 0.3) is 11.1 Å². The van der Waals surface area contributed by atoms with Gasteiger partial charge in [-0.1, -0.05) is 200 Å². The SMILES string of the molecule is CCCCCCCCC(CCCCCC)CN1C(=O)/C(=c2\[nH]c(=O)/c(=C3/C(=O)N(CC(CCCCCC)CCCCCCCC)c4cc(Br)ccc43)[nH]c2=O)c2ccc(Br)cc21. The molecular formula is C52H74Br2N4O4. The van der Waals surface area contributed by atoms with E-state index in [0.717, 1.165) is 71.7 Å². The number of nitrogens with one attached hydrogen (secondary N) is 2. The zero-order valence-corrected chi connectivity index (χ0v) is 41.5. The molecule has 0 saturated heterocycles. The Balaban J connectivity index is 1.49. The van der Waals surface area contributed by atoms with Gasteiger partial charge in [-0.3, -0.25) is 19.2 Å². The van der Waals surface area contributed by atoms with Gasteiger partial charge in [-0.2, -0.15) is 0 Å². The Kier molecular flexibility index (Phi) is 20.8. The van der Waals surface area contributed by atoms with Gasteiger partial charge in [0.15, 0.2) is 0 Å². The normalized spacial score (nSPS) is 16.4. The van der Waals surface area contributed by atoms with Crippen LogP contribution in [0.4, 0.5) is 11.4 Å². The van der Waals surface area contributed by atoms with E-state index in [9.17, 15) is 19.2 Å². The summed E-state index contributed by atoms with van der Waals surface area (Å²) >= 11 is 7.26.